The van der Waals surface area contributed by atoms with E-state index in [0.717, 1.165) is 50.4 Å². The first-order valence-corrected chi connectivity index (χ1v) is 11.7. The molecule has 1 aliphatic carbocycles. The molecular weight excluding hydrogens is 378 g/mol. The quantitative estimate of drug-likeness (QED) is 0.773. The number of carbonyl (C=O) groups is 1. The van der Waals surface area contributed by atoms with Crippen molar-refractivity contribution in [3.8, 4) is 0 Å². The zero-order chi connectivity index (χ0) is 20.3. The van der Waals surface area contributed by atoms with Gasteiger partial charge < -0.3 is 19.1 Å². The lowest BCUT2D eigenvalue weighted by Crippen LogP contribution is -2.43. The molecule has 0 radical (unpaired) electrons. The zero-order valence-electron chi connectivity index (χ0n) is 17.8. The van der Waals surface area contributed by atoms with Crippen molar-refractivity contribution in [1.82, 2.24) is 24.3 Å². The first-order valence-electron chi connectivity index (χ1n) is 11.7. The number of rotatable bonds is 4. The molecule has 2 aromatic rings. The Hall–Kier alpha value is -1.99. The SMILES string of the molecule is O=C(c1cnc2c(c1)ncn2C1CCCC1)N1CCCOC(CN2CCCCC2)C1. The number of amides is 1. The Balaban J connectivity index is 1.29. The maximum Gasteiger partial charge on any atom is 0.255 e. The number of nitrogens with zero attached hydrogens (tertiary/aromatic N) is 5. The molecule has 2 saturated heterocycles. The second-order valence-corrected chi connectivity index (χ2v) is 9.12. The number of carbonyl (C=O) groups excluding carboxylic acids is 1. The molecule has 30 heavy (non-hydrogen) atoms. The molecule has 2 aliphatic heterocycles. The van der Waals surface area contributed by atoms with E-state index >= 15 is 0 Å². The van der Waals surface area contributed by atoms with Gasteiger partial charge in [0.05, 0.1) is 18.0 Å². The van der Waals surface area contributed by atoms with Gasteiger partial charge in [0.15, 0.2) is 5.65 Å². The lowest BCUT2D eigenvalue weighted by atomic mass is 10.1. The minimum absolute atomic E-state index is 0.0500. The molecule has 4 heterocycles. The van der Waals surface area contributed by atoms with E-state index in [0.29, 0.717) is 18.2 Å². The summed E-state index contributed by atoms with van der Waals surface area (Å²) in [5.74, 6) is 0.0500. The van der Waals surface area contributed by atoms with E-state index in [-0.39, 0.29) is 12.0 Å². The molecule has 0 bridgehead atoms. The van der Waals surface area contributed by atoms with Gasteiger partial charge in [-0.2, -0.15) is 0 Å². The standard InChI is InChI=1S/C23H33N5O2/c29-23(27-11-6-12-30-20(16-27)15-26-9-4-1-5-10-26)18-13-21-22(24-14-18)28(17-25-21)19-7-2-3-8-19/h13-14,17,19-20H,1-12,15-16H2. The van der Waals surface area contributed by atoms with E-state index in [2.05, 4.69) is 19.4 Å². The van der Waals surface area contributed by atoms with Crippen LogP contribution in [0.5, 0.6) is 0 Å². The summed E-state index contributed by atoms with van der Waals surface area (Å²) in [5.41, 5.74) is 2.36. The fourth-order valence-corrected chi connectivity index (χ4v) is 5.29. The highest BCUT2D eigenvalue weighted by molar-refractivity contribution is 5.96. The Morgan fingerprint density at radius 2 is 1.87 bits per heavy atom. The molecule has 1 atom stereocenters. The number of ether oxygens (including phenoxy) is 1. The van der Waals surface area contributed by atoms with Crippen molar-refractivity contribution in [3.63, 3.8) is 0 Å². The van der Waals surface area contributed by atoms with Gasteiger partial charge in [0.2, 0.25) is 0 Å². The van der Waals surface area contributed by atoms with Gasteiger partial charge in [-0.05, 0) is 51.3 Å². The number of hydrogen-bond acceptors (Lipinski definition) is 5. The predicted molar refractivity (Wildman–Crippen MR) is 116 cm³/mol. The Bertz CT molecular complexity index is 870. The van der Waals surface area contributed by atoms with Gasteiger partial charge in [0, 0.05) is 38.5 Å². The van der Waals surface area contributed by atoms with E-state index in [1.807, 2.05) is 17.3 Å². The Morgan fingerprint density at radius 3 is 2.70 bits per heavy atom. The minimum Gasteiger partial charge on any atom is -0.375 e. The fourth-order valence-electron chi connectivity index (χ4n) is 5.29. The predicted octanol–water partition coefficient (Wildman–Crippen LogP) is 3.26. The van der Waals surface area contributed by atoms with Crippen LogP contribution in [0.2, 0.25) is 0 Å². The minimum atomic E-state index is 0.0500. The molecule has 0 spiro atoms. The third kappa shape index (κ3) is 4.23. The third-order valence-electron chi connectivity index (χ3n) is 6.93. The average molecular weight is 412 g/mol. The van der Waals surface area contributed by atoms with E-state index in [4.69, 9.17) is 4.74 Å². The van der Waals surface area contributed by atoms with Crippen LogP contribution in [0.3, 0.4) is 0 Å². The maximum absolute atomic E-state index is 13.3. The van der Waals surface area contributed by atoms with Crippen molar-refractivity contribution < 1.29 is 9.53 Å². The molecule has 3 fully saturated rings. The molecule has 0 aromatic carbocycles. The van der Waals surface area contributed by atoms with Crippen molar-refractivity contribution in [1.29, 1.82) is 0 Å². The van der Waals surface area contributed by atoms with Crippen LogP contribution < -0.4 is 0 Å². The summed E-state index contributed by atoms with van der Waals surface area (Å²) in [7, 11) is 0. The number of hydrogen-bond donors (Lipinski definition) is 0. The summed E-state index contributed by atoms with van der Waals surface area (Å²) in [6.45, 7) is 5.35. The van der Waals surface area contributed by atoms with Gasteiger partial charge in [-0.25, -0.2) is 9.97 Å². The van der Waals surface area contributed by atoms with Gasteiger partial charge in [0.25, 0.3) is 5.91 Å². The molecule has 1 unspecified atom stereocenters. The summed E-state index contributed by atoms with van der Waals surface area (Å²) >= 11 is 0. The lowest BCUT2D eigenvalue weighted by Gasteiger charge is -2.31. The number of likely N-dealkylation sites (tertiary alicyclic amines) is 1. The maximum atomic E-state index is 13.3. The molecule has 7 heteroatoms. The number of imidazole rings is 1. The van der Waals surface area contributed by atoms with Crippen molar-refractivity contribution in [2.75, 3.05) is 39.3 Å². The van der Waals surface area contributed by atoms with Crippen LogP contribution in [-0.2, 0) is 4.74 Å². The van der Waals surface area contributed by atoms with Gasteiger partial charge in [-0.15, -0.1) is 0 Å². The summed E-state index contributed by atoms with van der Waals surface area (Å²) in [6, 6.07) is 2.42. The third-order valence-corrected chi connectivity index (χ3v) is 6.93. The molecule has 5 rings (SSSR count). The van der Waals surface area contributed by atoms with E-state index in [1.165, 1.54) is 44.9 Å². The van der Waals surface area contributed by atoms with Crippen molar-refractivity contribution >= 4 is 17.1 Å². The summed E-state index contributed by atoms with van der Waals surface area (Å²) < 4.78 is 8.29. The van der Waals surface area contributed by atoms with E-state index in [1.54, 1.807) is 6.20 Å². The van der Waals surface area contributed by atoms with Crippen molar-refractivity contribution in [2.24, 2.45) is 0 Å². The Labute approximate surface area is 178 Å². The molecule has 162 valence electrons. The van der Waals surface area contributed by atoms with Crippen molar-refractivity contribution in [3.05, 3.63) is 24.2 Å². The van der Waals surface area contributed by atoms with E-state index in [9.17, 15) is 4.79 Å². The summed E-state index contributed by atoms with van der Waals surface area (Å²) in [5, 5.41) is 0. The smallest absolute Gasteiger partial charge is 0.255 e. The second-order valence-electron chi connectivity index (χ2n) is 9.12. The first kappa shape index (κ1) is 19.9. The van der Waals surface area contributed by atoms with Gasteiger partial charge in [-0.1, -0.05) is 19.3 Å². The monoisotopic (exact) mass is 411 g/mol. The normalized spacial score (nSPS) is 24.4. The summed E-state index contributed by atoms with van der Waals surface area (Å²) in [6.07, 6.45) is 13.4. The van der Waals surface area contributed by atoms with Crippen LogP contribution in [0.4, 0.5) is 0 Å². The highest BCUT2D eigenvalue weighted by atomic mass is 16.5. The van der Waals surface area contributed by atoms with Gasteiger partial charge in [0.1, 0.15) is 5.52 Å². The largest absolute Gasteiger partial charge is 0.375 e. The number of pyridine rings is 1. The van der Waals surface area contributed by atoms with Crippen LogP contribution in [0.1, 0.15) is 67.8 Å². The summed E-state index contributed by atoms with van der Waals surface area (Å²) in [4.78, 5) is 26.9. The molecule has 2 aromatic heterocycles. The molecular formula is C23H33N5O2. The lowest BCUT2D eigenvalue weighted by molar-refractivity contribution is 0.0216. The Kier molecular flexibility index (Phi) is 6.00. The number of fused-ring (bicyclic) bond motifs is 1. The van der Waals surface area contributed by atoms with Crippen LogP contribution >= 0.6 is 0 Å². The Morgan fingerprint density at radius 1 is 1.03 bits per heavy atom. The first-order chi connectivity index (χ1) is 14.8. The van der Waals surface area contributed by atoms with Crippen LogP contribution in [0.15, 0.2) is 18.6 Å². The second kappa shape index (κ2) is 9.02. The van der Waals surface area contributed by atoms with Crippen molar-refractivity contribution in [2.45, 2.75) is 63.5 Å². The molecule has 0 N–H and O–H groups in total. The topological polar surface area (TPSA) is 63.5 Å². The van der Waals surface area contributed by atoms with Gasteiger partial charge in [-0.3, -0.25) is 4.79 Å². The highest BCUT2D eigenvalue weighted by Crippen LogP contribution is 2.31. The molecule has 7 nitrogen and oxygen atoms in total. The molecule has 1 saturated carbocycles. The van der Waals surface area contributed by atoms with Crippen LogP contribution in [-0.4, -0.2) is 75.7 Å². The molecule has 1 amide bonds. The van der Waals surface area contributed by atoms with Crippen LogP contribution in [0.25, 0.3) is 11.2 Å². The van der Waals surface area contributed by atoms with Crippen LogP contribution in [0, 0.1) is 0 Å². The average Bonchev–Trinajstić information content (AvgIpc) is 3.39. The number of aromatic nitrogens is 3. The van der Waals surface area contributed by atoms with Gasteiger partial charge >= 0.3 is 0 Å². The van der Waals surface area contributed by atoms with E-state index < -0.39 is 0 Å². The zero-order valence-corrected chi connectivity index (χ0v) is 17.8. The number of piperidine rings is 1. The highest BCUT2D eigenvalue weighted by Gasteiger charge is 2.26. The molecule has 3 aliphatic rings. The fraction of sp³-hybridized carbons (Fsp3) is 0.696.